The van der Waals surface area contributed by atoms with E-state index in [1.807, 2.05) is 42.8 Å². The minimum Gasteiger partial charge on any atom is -0.497 e. The number of methoxy groups -OCH3 is 1. The maximum atomic E-state index is 5.94. The summed E-state index contributed by atoms with van der Waals surface area (Å²) >= 11 is 0. The summed E-state index contributed by atoms with van der Waals surface area (Å²) in [6, 6.07) is 7.56. The number of rotatable bonds is 2. The summed E-state index contributed by atoms with van der Waals surface area (Å²) < 4.78 is 7.01. The summed E-state index contributed by atoms with van der Waals surface area (Å²) in [6.07, 6.45) is 0. The molecule has 4 nitrogen and oxygen atoms in total. The van der Waals surface area contributed by atoms with Gasteiger partial charge in [0.25, 0.3) is 0 Å². The molecule has 0 saturated heterocycles. The van der Waals surface area contributed by atoms with Gasteiger partial charge >= 0.3 is 0 Å². The van der Waals surface area contributed by atoms with Crippen molar-refractivity contribution in [2.45, 2.75) is 13.8 Å². The Morgan fingerprint density at radius 1 is 1.25 bits per heavy atom. The van der Waals surface area contributed by atoms with Crippen molar-refractivity contribution in [1.82, 2.24) is 9.78 Å². The molecule has 84 valence electrons. The number of hydrogen-bond acceptors (Lipinski definition) is 3. The van der Waals surface area contributed by atoms with E-state index in [2.05, 4.69) is 5.10 Å². The van der Waals surface area contributed by atoms with Crippen LogP contribution in [-0.2, 0) is 0 Å². The topological polar surface area (TPSA) is 53.1 Å². The predicted octanol–water partition coefficient (Wildman–Crippen LogP) is 2.08. The van der Waals surface area contributed by atoms with Crippen molar-refractivity contribution in [2.24, 2.45) is 0 Å². The average Bonchev–Trinajstić information content (AvgIpc) is 2.58. The Morgan fingerprint density at radius 2 is 2.00 bits per heavy atom. The van der Waals surface area contributed by atoms with Gasteiger partial charge in [-0.25, -0.2) is 4.68 Å². The normalized spacial score (nSPS) is 10.4. The molecular formula is C12H15N3O. The first kappa shape index (κ1) is 10.5. The van der Waals surface area contributed by atoms with E-state index in [-0.39, 0.29) is 0 Å². The number of nitrogen functional groups attached to an aromatic ring is 1. The Kier molecular flexibility index (Phi) is 2.56. The highest BCUT2D eigenvalue weighted by molar-refractivity contribution is 5.60. The Morgan fingerprint density at radius 3 is 2.56 bits per heavy atom. The zero-order valence-corrected chi connectivity index (χ0v) is 9.69. The SMILES string of the molecule is COc1ccc(N)c(-n2nc(C)cc2C)c1. The highest BCUT2D eigenvalue weighted by Gasteiger charge is 2.08. The van der Waals surface area contributed by atoms with Crippen LogP contribution in [-0.4, -0.2) is 16.9 Å². The third-order valence-electron chi connectivity index (χ3n) is 2.48. The van der Waals surface area contributed by atoms with Crippen molar-refractivity contribution in [2.75, 3.05) is 12.8 Å². The minimum absolute atomic E-state index is 0.687. The monoisotopic (exact) mass is 217 g/mol. The van der Waals surface area contributed by atoms with E-state index in [1.165, 1.54) is 0 Å². The van der Waals surface area contributed by atoms with Crippen LogP contribution in [0.25, 0.3) is 5.69 Å². The molecule has 4 heteroatoms. The number of nitrogens with zero attached hydrogens (tertiary/aromatic N) is 2. The van der Waals surface area contributed by atoms with Crippen LogP contribution < -0.4 is 10.5 Å². The maximum Gasteiger partial charge on any atom is 0.121 e. The van der Waals surface area contributed by atoms with Crippen molar-refractivity contribution in [3.05, 3.63) is 35.7 Å². The van der Waals surface area contributed by atoms with Crippen LogP contribution in [0.2, 0.25) is 0 Å². The number of aromatic nitrogens is 2. The van der Waals surface area contributed by atoms with E-state index >= 15 is 0 Å². The molecule has 0 amide bonds. The quantitative estimate of drug-likeness (QED) is 0.783. The molecule has 0 aliphatic heterocycles. The van der Waals surface area contributed by atoms with Crippen molar-refractivity contribution >= 4 is 5.69 Å². The molecule has 0 saturated carbocycles. The molecule has 2 N–H and O–H groups in total. The number of benzene rings is 1. The molecule has 0 spiro atoms. The van der Waals surface area contributed by atoms with Gasteiger partial charge in [0.05, 0.1) is 24.2 Å². The lowest BCUT2D eigenvalue weighted by Crippen LogP contribution is -2.03. The van der Waals surface area contributed by atoms with E-state index in [0.717, 1.165) is 22.8 Å². The van der Waals surface area contributed by atoms with Gasteiger partial charge in [0.1, 0.15) is 5.75 Å². The highest BCUT2D eigenvalue weighted by Crippen LogP contribution is 2.24. The molecule has 1 heterocycles. The number of aryl methyl sites for hydroxylation is 2. The molecule has 0 aliphatic rings. The van der Waals surface area contributed by atoms with Crippen LogP contribution in [0.3, 0.4) is 0 Å². The molecule has 2 aromatic rings. The van der Waals surface area contributed by atoms with E-state index in [1.54, 1.807) is 7.11 Å². The highest BCUT2D eigenvalue weighted by atomic mass is 16.5. The molecule has 0 radical (unpaired) electrons. The molecule has 1 aromatic carbocycles. The van der Waals surface area contributed by atoms with Crippen LogP contribution in [0.15, 0.2) is 24.3 Å². The second kappa shape index (κ2) is 3.89. The summed E-state index contributed by atoms with van der Waals surface area (Å²) in [5, 5.41) is 4.40. The third-order valence-corrected chi connectivity index (χ3v) is 2.48. The average molecular weight is 217 g/mol. The molecule has 16 heavy (non-hydrogen) atoms. The largest absolute Gasteiger partial charge is 0.497 e. The maximum absolute atomic E-state index is 5.94. The number of nitrogens with two attached hydrogens (primary N) is 1. The predicted molar refractivity (Wildman–Crippen MR) is 64.0 cm³/mol. The second-order valence-corrected chi connectivity index (χ2v) is 3.76. The van der Waals surface area contributed by atoms with Crippen LogP contribution in [0.4, 0.5) is 5.69 Å². The molecule has 0 aliphatic carbocycles. The number of anilines is 1. The molecule has 0 fully saturated rings. The molecule has 1 aromatic heterocycles. The fourth-order valence-electron chi connectivity index (χ4n) is 1.71. The van der Waals surface area contributed by atoms with Gasteiger partial charge < -0.3 is 10.5 Å². The van der Waals surface area contributed by atoms with E-state index < -0.39 is 0 Å². The van der Waals surface area contributed by atoms with Crippen LogP contribution >= 0.6 is 0 Å². The Bertz CT molecular complexity index is 517. The summed E-state index contributed by atoms with van der Waals surface area (Å²) in [7, 11) is 1.64. The zero-order valence-electron chi connectivity index (χ0n) is 9.69. The van der Waals surface area contributed by atoms with Gasteiger partial charge in [-0.2, -0.15) is 5.10 Å². The lowest BCUT2D eigenvalue weighted by atomic mass is 10.2. The number of hydrogen-bond donors (Lipinski definition) is 1. The first-order valence-electron chi connectivity index (χ1n) is 5.09. The van der Waals surface area contributed by atoms with Crippen molar-refractivity contribution < 1.29 is 4.74 Å². The number of ether oxygens (including phenoxy) is 1. The van der Waals surface area contributed by atoms with E-state index in [9.17, 15) is 0 Å². The molecule has 0 unspecified atom stereocenters. The summed E-state index contributed by atoms with van der Waals surface area (Å²) in [4.78, 5) is 0. The van der Waals surface area contributed by atoms with Crippen LogP contribution in [0, 0.1) is 13.8 Å². The Balaban J connectivity index is 2.58. The van der Waals surface area contributed by atoms with E-state index in [4.69, 9.17) is 10.5 Å². The van der Waals surface area contributed by atoms with Crippen LogP contribution in [0.5, 0.6) is 5.75 Å². The van der Waals surface area contributed by atoms with Gasteiger partial charge in [-0.15, -0.1) is 0 Å². The van der Waals surface area contributed by atoms with Gasteiger partial charge in [0.2, 0.25) is 0 Å². The lowest BCUT2D eigenvalue weighted by Gasteiger charge is -2.09. The smallest absolute Gasteiger partial charge is 0.121 e. The van der Waals surface area contributed by atoms with Gasteiger partial charge in [0.15, 0.2) is 0 Å². The fraction of sp³-hybridized carbons (Fsp3) is 0.250. The van der Waals surface area contributed by atoms with Gasteiger partial charge in [0, 0.05) is 11.8 Å². The summed E-state index contributed by atoms with van der Waals surface area (Å²) in [5.41, 5.74) is 9.50. The molecule has 2 rings (SSSR count). The van der Waals surface area contributed by atoms with Crippen LogP contribution in [0.1, 0.15) is 11.4 Å². The third kappa shape index (κ3) is 1.74. The molecular weight excluding hydrogens is 202 g/mol. The Hall–Kier alpha value is -1.97. The van der Waals surface area contributed by atoms with Gasteiger partial charge in [-0.05, 0) is 32.0 Å². The van der Waals surface area contributed by atoms with Gasteiger partial charge in [-0.3, -0.25) is 0 Å². The Labute approximate surface area is 94.6 Å². The summed E-state index contributed by atoms with van der Waals surface area (Å²) in [5.74, 6) is 0.775. The zero-order chi connectivity index (χ0) is 11.7. The molecule has 0 bridgehead atoms. The first-order valence-corrected chi connectivity index (χ1v) is 5.09. The summed E-state index contributed by atoms with van der Waals surface area (Å²) in [6.45, 7) is 3.96. The standard InChI is InChI=1S/C12H15N3O/c1-8-6-9(2)15(14-8)12-7-10(16-3)4-5-11(12)13/h4-7H,13H2,1-3H3. The molecule has 0 atom stereocenters. The second-order valence-electron chi connectivity index (χ2n) is 3.76. The van der Waals surface area contributed by atoms with Gasteiger partial charge in [-0.1, -0.05) is 0 Å². The van der Waals surface area contributed by atoms with Crippen molar-refractivity contribution in [3.63, 3.8) is 0 Å². The fourth-order valence-corrected chi connectivity index (χ4v) is 1.71. The first-order chi connectivity index (χ1) is 7.61. The lowest BCUT2D eigenvalue weighted by molar-refractivity contribution is 0.414. The minimum atomic E-state index is 0.687. The van der Waals surface area contributed by atoms with E-state index in [0.29, 0.717) is 5.69 Å². The van der Waals surface area contributed by atoms with Crippen molar-refractivity contribution in [3.8, 4) is 11.4 Å². The van der Waals surface area contributed by atoms with Crippen molar-refractivity contribution in [1.29, 1.82) is 0 Å².